The Kier molecular flexibility index (Phi) is 2.35. The zero-order chi connectivity index (χ0) is 12.9. The van der Waals surface area contributed by atoms with Crippen molar-refractivity contribution in [2.24, 2.45) is 7.05 Å². The molecule has 0 N–H and O–H groups in total. The van der Waals surface area contributed by atoms with Gasteiger partial charge in [-0.25, -0.2) is 9.78 Å². The molecule has 0 saturated carbocycles. The van der Waals surface area contributed by atoms with Crippen molar-refractivity contribution in [3.63, 3.8) is 0 Å². The van der Waals surface area contributed by atoms with Crippen LogP contribution in [0.5, 0.6) is 0 Å². The van der Waals surface area contributed by atoms with Crippen molar-refractivity contribution in [2.75, 3.05) is 5.75 Å². The van der Waals surface area contributed by atoms with Crippen molar-refractivity contribution < 1.29 is 0 Å². The van der Waals surface area contributed by atoms with Gasteiger partial charge in [-0.15, -0.1) is 6.42 Å². The van der Waals surface area contributed by atoms with Crippen LogP contribution >= 0.6 is 11.8 Å². The van der Waals surface area contributed by atoms with Crippen molar-refractivity contribution in [2.45, 2.75) is 18.2 Å². The Labute approximate surface area is 106 Å². The van der Waals surface area contributed by atoms with E-state index in [2.05, 4.69) is 10.9 Å². The molecule has 18 heavy (non-hydrogen) atoms. The van der Waals surface area contributed by atoms with Gasteiger partial charge < -0.3 is 4.57 Å². The fourth-order valence-corrected chi connectivity index (χ4v) is 3.06. The van der Waals surface area contributed by atoms with Crippen molar-refractivity contribution in [1.29, 1.82) is 0 Å². The molecule has 0 amide bonds. The molecule has 1 aliphatic heterocycles. The summed E-state index contributed by atoms with van der Waals surface area (Å²) < 4.78 is 4.30. The van der Waals surface area contributed by atoms with Crippen LogP contribution in [-0.4, -0.2) is 24.4 Å². The minimum atomic E-state index is -0.424. The lowest BCUT2D eigenvalue weighted by molar-refractivity contribution is 0.678. The quantitative estimate of drug-likeness (QED) is 0.658. The van der Waals surface area contributed by atoms with E-state index in [9.17, 15) is 9.59 Å². The average molecular weight is 262 g/mol. The van der Waals surface area contributed by atoms with Crippen molar-refractivity contribution in [1.82, 2.24) is 18.7 Å². The standard InChI is InChI=1S/C11H10N4O2S/c1-3-4-15-8-7(9(16)13(2)11(15)17)14-5-6-18-10(14)12-8/h1H,4-6H2,2H3. The van der Waals surface area contributed by atoms with Crippen LogP contribution in [0, 0.1) is 12.3 Å². The average Bonchev–Trinajstić information content (AvgIpc) is 2.91. The molecule has 2 aromatic heterocycles. The first-order valence-corrected chi connectivity index (χ1v) is 6.40. The minimum absolute atomic E-state index is 0.116. The van der Waals surface area contributed by atoms with Crippen LogP contribution in [0.2, 0.25) is 0 Å². The highest BCUT2D eigenvalue weighted by Gasteiger charge is 2.23. The van der Waals surface area contributed by atoms with E-state index in [0.717, 1.165) is 22.0 Å². The van der Waals surface area contributed by atoms with E-state index in [4.69, 9.17) is 6.42 Å². The van der Waals surface area contributed by atoms with Gasteiger partial charge in [-0.3, -0.25) is 13.9 Å². The molecular formula is C11H10N4O2S. The molecule has 0 bridgehead atoms. The predicted octanol–water partition coefficient (Wildman–Crippen LogP) is -0.364. The highest BCUT2D eigenvalue weighted by atomic mass is 32.2. The molecule has 1 aliphatic rings. The molecule has 0 aromatic carbocycles. The number of imidazole rings is 1. The SMILES string of the molecule is C#CCn1c(=O)n(C)c(=O)c2c1nc1n2CCS1. The van der Waals surface area contributed by atoms with Gasteiger partial charge in [-0.1, -0.05) is 17.7 Å². The van der Waals surface area contributed by atoms with E-state index in [1.54, 1.807) is 11.8 Å². The normalized spacial score (nSPS) is 13.8. The summed E-state index contributed by atoms with van der Waals surface area (Å²) in [4.78, 5) is 28.5. The number of thioether (sulfide) groups is 1. The second-order valence-corrected chi connectivity index (χ2v) is 5.07. The lowest BCUT2D eigenvalue weighted by Gasteiger charge is -2.06. The number of aromatic nitrogens is 4. The molecule has 92 valence electrons. The van der Waals surface area contributed by atoms with E-state index in [0.29, 0.717) is 11.2 Å². The Morgan fingerprint density at radius 3 is 3.00 bits per heavy atom. The lowest BCUT2D eigenvalue weighted by Crippen LogP contribution is -2.38. The second-order valence-electron chi connectivity index (χ2n) is 4.00. The van der Waals surface area contributed by atoms with Gasteiger partial charge in [0.05, 0.1) is 6.54 Å². The van der Waals surface area contributed by atoms with Crippen LogP contribution in [0.15, 0.2) is 14.7 Å². The summed E-state index contributed by atoms with van der Waals surface area (Å²) in [6.45, 7) is 0.852. The zero-order valence-electron chi connectivity index (χ0n) is 9.71. The maximum Gasteiger partial charge on any atom is 0.333 e. The first kappa shape index (κ1) is 11.2. The van der Waals surface area contributed by atoms with Gasteiger partial charge in [0, 0.05) is 19.3 Å². The molecule has 0 fully saturated rings. The van der Waals surface area contributed by atoms with Gasteiger partial charge in [0.25, 0.3) is 5.56 Å². The molecule has 0 aliphatic carbocycles. The first-order chi connectivity index (χ1) is 8.65. The largest absolute Gasteiger partial charge is 0.333 e. The third-order valence-electron chi connectivity index (χ3n) is 2.99. The molecule has 0 saturated heterocycles. The van der Waals surface area contributed by atoms with Gasteiger partial charge in [0.1, 0.15) is 0 Å². The Bertz CT molecular complexity index is 806. The van der Waals surface area contributed by atoms with Gasteiger partial charge in [-0.2, -0.15) is 0 Å². The fraction of sp³-hybridized carbons (Fsp3) is 0.364. The Hall–Kier alpha value is -1.94. The van der Waals surface area contributed by atoms with Crippen molar-refractivity contribution in [3.05, 3.63) is 20.8 Å². The predicted molar refractivity (Wildman–Crippen MR) is 68.8 cm³/mol. The summed E-state index contributed by atoms with van der Waals surface area (Å²) in [7, 11) is 1.46. The van der Waals surface area contributed by atoms with E-state index in [1.807, 2.05) is 4.57 Å². The number of terminal acetylenes is 1. The maximum absolute atomic E-state index is 12.2. The van der Waals surface area contributed by atoms with Crippen molar-refractivity contribution in [3.8, 4) is 12.3 Å². The molecule has 0 atom stereocenters. The van der Waals surface area contributed by atoms with Crippen LogP contribution < -0.4 is 11.2 Å². The molecule has 7 heteroatoms. The number of hydrogen-bond donors (Lipinski definition) is 0. The van der Waals surface area contributed by atoms with E-state index >= 15 is 0 Å². The minimum Gasteiger partial charge on any atom is -0.312 e. The summed E-state index contributed by atoms with van der Waals surface area (Å²) >= 11 is 1.58. The molecular weight excluding hydrogens is 252 g/mol. The summed E-state index contributed by atoms with van der Waals surface area (Å²) in [6.07, 6.45) is 5.26. The third kappa shape index (κ3) is 1.29. The van der Waals surface area contributed by atoms with Crippen LogP contribution in [0.4, 0.5) is 0 Å². The number of aryl methyl sites for hydroxylation is 1. The summed E-state index contributed by atoms with van der Waals surface area (Å²) in [6, 6.07) is 0. The molecule has 0 spiro atoms. The van der Waals surface area contributed by atoms with Gasteiger partial charge in [-0.05, 0) is 0 Å². The second kappa shape index (κ2) is 3.78. The number of nitrogens with zero attached hydrogens (tertiary/aromatic N) is 4. The van der Waals surface area contributed by atoms with E-state index in [-0.39, 0.29) is 12.1 Å². The van der Waals surface area contributed by atoms with Crippen LogP contribution in [0.25, 0.3) is 11.2 Å². The number of fused-ring (bicyclic) bond motifs is 3. The Morgan fingerprint density at radius 2 is 2.28 bits per heavy atom. The zero-order valence-corrected chi connectivity index (χ0v) is 10.5. The molecule has 3 heterocycles. The van der Waals surface area contributed by atoms with Crippen LogP contribution in [0.3, 0.4) is 0 Å². The summed E-state index contributed by atoms with van der Waals surface area (Å²) in [5.41, 5.74) is 0.118. The van der Waals surface area contributed by atoms with Gasteiger partial charge in [0.2, 0.25) is 0 Å². The third-order valence-corrected chi connectivity index (χ3v) is 3.95. The lowest BCUT2D eigenvalue weighted by atomic mass is 10.4. The molecule has 2 aromatic rings. The van der Waals surface area contributed by atoms with Gasteiger partial charge in [0.15, 0.2) is 16.3 Å². The Morgan fingerprint density at radius 1 is 1.50 bits per heavy atom. The summed E-state index contributed by atoms with van der Waals surface area (Å²) in [5.74, 6) is 3.32. The van der Waals surface area contributed by atoms with E-state index in [1.165, 1.54) is 11.6 Å². The molecule has 0 radical (unpaired) electrons. The molecule has 0 unspecified atom stereocenters. The smallest absolute Gasteiger partial charge is 0.312 e. The number of rotatable bonds is 1. The van der Waals surface area contributed by atoms with Crippen molar-refractivity contribution >= 4 is 22.9 Å². The monoisotopic (exact) mass is 262 g/mol. The highest BCUT2D eigenvalue weighted by Crippen LogP contribution is 2.27. The topological polar surface area (TPSA) is 61.8 Å². The first-order valence-electron chi connectivity index (χ1n) is 5.41. The highest BCUT2D eigenvalue weighted by molar-refractivity contribution is 7.99. The van der Waals surface area contributed by atoms with Crippen LogP contribution in [-0.2, 0) is 20.1 Å². The summed E-state index contributed by atoms with van der Waals surface area (Å²) in [5, 5.41) is 0.776. The molecule has 3 rings (SSSR count). The Balaban J connectivity index is 2.53. The number of hydrogen-bond acceptors (Lipinski definition) is 4. The molecule has 6 nitrogen and oxygen atoms in total. The van der Waals surface area contributed by atoms with E-state index < -0.39 is 5.69 Å². The maximum atomic E-state index is 12.2. The fourth-order valence-electron chi connectivity index (χ4n) is 2.12. The van der Waals surface area contributed by atoms with Gasteiger partial charge >= 0.3 is 5.69 Å². The van der Waals surface area contributed by atoms with Crippen LogP contribution in [0.1, 0.15) is 0 Å².